The normalized spacial score (nSPS) is 18.9. The molecule has 0 bridgehead atoms. The number of morpholine rings is 1. The third-order valence-electron chi connectivity index (χ3n) is 3.78. The molecular formula is C14H22N4O3. The lowest BCUT2D eigenvalue weighted by molar-refractivity contribution is 0.0374. The van der Waals surface area contributed by atoms with Crippen LogP contribution in [0.25, 0.3) is 0 Å². The van der Waals surface area contributed by atoms with Gasteiger partial charge in [-0.05, 0) is 13.0 Å². The Bertz CT molecular complexity index is 459. The number of fused-ring (bicyclic) bond motifs is 1. The van der Waals surface area contributed by atoms with E-state index in [-0.39, 0.29) is 5.91 Å². The second-order valence-electron chi connectivity index (χ2n) is 5.36. The van der Waals surface area contributed by atoms with Crippen molar-refractivity contribution >= 4 is 5.91 Å². The predicted octanol–water partition coefficient (Wildman–Crippen LogP) is 0.118. The summed E-state index contributed by atoms with van der Waals surface area (Å²) in [4.78, 5) is 14.4. The van der Waals surface area contributed by atoms with E-state index in [9.17, 15) is 4.79 Å². The maximum Gasteiger partial charge on any atom is 0.271 e. The molecule has 0 spiro atoms. The van der Waals surface area contributed by atoms with E-state index in [2.05, 4.69) is 15.3 Å². The van der Waals surface area contributed by atoms with Gasteiger partial charge in [-0.25, -0.2) is 4.68 Å². The molecule has 1 aromatic heterocycles. The van der Waals surface area contributed by atoms with E-state index in [0.717, 1.165) is 52.2 Å². The van der Waals surface area contributed by atoms with Gasteiger partial charge in [-0.3, -0.25) is 9.69 Å². The van der Waals surface area contributed by atoms with Crippen molar-refractivity contribution in [2.75, 3.05) is 46.0 Å². The van der Waals surface area contributed by atoms with Gasteiger partial charge in [0.15, 0.2) is 5.69 Å². The minimum absolute atomic E-state index is 0.123. The van der Waals surface area contributed by atoms with Crippen LogP contribution in [0.15, 0.2) is 6.07 Å². The highest BCUT2D eigenvalue weighted by Gasteiger charge is 2.17. The van der Waals surface area contributed by atoms with Crippen LogP contribution in [0.2, 0.25) is 0 Å². The SMILES string of the molecule is O=C(NCCCN1CCOCC1)c1cc2n(n1)CCCO2. The molecule has 0 aliphatic carbocycles. The zero-order valence-electron chi connectivity index (χ0n) is 12.2. The predicted molar refractivity (Wildman–Crippen MR) is 76.5 cm³/mol. The van der Waals surface area contributed by atoms with Gasteiger partial charge in [-0.2, -0.15) is 5.10 Å². The molecule has 7 nitrogen and oxygen atoms in total. The summed E-state index contributed by atoms with van der Waals surface area (Å²) >= 11 is 0. The van der Waals surface area contributed by atoms with E-state index in [1.54, 1.807) is 10.7 Å². The monoisotopic (exact) mass is 294 g/mol. The summed E-state index contributed by atoms with van der Waals surface area (Å²) in [7, 11) is 0. The highest BCUT2D eigenvalue weighted by Crippen LogP contribution is 2.18. The van der Waals surface area contributed by atoms with Gasteiger partial charge in [-0.1, -0.05) is 0 Å². The maximum atomic E-state index is 12.0. The van der Waals surface area contributed by atoms with Crippen molar-refractivity contribution in [3.8, 4) is 5.88 Å². The van der Waals surface area contributed by atoms with Crippen LogP contribution in [0.5, 0.6) is 5.88 Å². The molecule has 2 aliphatic heterocycles. The van der Waals surface area contributed by atoms with Crippen LogP contribution >= 0.6 is 0 Å². The van der Waals surface area contributed by atoms with Crippen LogP contribution in [0.1, 0.15) is 23.3 Å². The number of carbonyl (C=O) groups is 1. The third-order valence-corrected chi connectivity index (χ3v) is 3.78. The summed E-state index contributed by atoms with van der Waals surface area (Å²) in [6, 6.07) is 1.72. The fourth-order valence-corrected chi connectivity index (χ4v) is 2.60. The molecule has 1 saturated heterocycles. The molecule has 1 fully saturated rings. The smallest absolute Gasteiger partial charge is 0.271 e. The standard InChI is InChI=1S/C14H22N4O3/c19-14(12-11-13-18(16-12)5-2-8-21-13)15-3-1-4-17-6-9-20-10-7-17/h11H,1-10H2,(H,15,19). The lowest BCUT2D eigenvalue weighted by atomic mass is 10.3. The molecule has 3 rings (SSSR count). The highest BCUT2D eigenvalue weighted by molar-refractivity contribution is 5.92. The molecule has 0 aromatic carbocycles. The number of ether oxygens (including phenoxy) is 2. The molecule has 0 radical (unpaired) electrons. The van der Waals surface area contributed by atoms with Gasteiger partial charge in [0.25, 0.3) is 5.91 Å². The summed E-state index contributed by atoms with van der Waals surface area (Å²) < 4.78 is 12.5. The van der Waals surface area contributed by atoms with Crippen LogP contribution in [-0.4, -0.2) is 66.6 Å². The van der Waals surface area contributed by atoms with Crippen molar-refractivity contribution in [2.24, 2.45) is 0 Å². The molecule has 21 heavy (non-hydrogen) atoms. The number of nitrogens with one attached hydrogen (secondary N) is 1. The fraction of sp³-hybridized carbons (Fsp3) is 0.714. The maximum absolute atomic E-state index is 12.0. The number of aryl methyl sites for hydroxylation is 1. The minimum atomic E-state index is -0.123. The molecule has 0 unspecified atom stereocenters. The average Bonchev–Trinajstić information content (AvgIpc) is 2.96. The van der Waals surface area contributed by atoms with Gasteiger partial charge in [0.1, 0.15) is 0 Å². The Labute approximate surface area is 124 Å². The topological polar surface area (TPSA) is 68.6 Å². The van der Waals surface area contributed by atoms with E-state index >= 15 is 0 Å². The molecule has 1 aromatic rings. The lowest BCUT2D eigenvalue weighted by Crippen LogP contribution is -2.38. The summed E-state index contributed by atoms with van der Waals surface area (Å²) in [5.74, 6) is 0.571. The quantitative estimate of drug-likeness (QED) is 0.781. The van der Waals surface area contributed by atoms with Gasteiger partial charge < -0.3 is 14.8 Å². The summed E-state index contributed by atoms with van der Waals surface area (Å²) in [6.45, 7) is 6.77. The Hall–Kier alpha value is -1.60. The van der Waals surface area contributed by atoms with Gasteiger partial charge in [0.2, 0.25) is 5.88 Å². The van der Waals surface area contributed by atoms with E-state index in [0.29, 0.717) is 24.7 Å². The molecule has 3 heterocycles. The van der Waals surface area contributed by atoms with Crippen LogP contribution in [0.3, 0.4) is 0 Å². The first-order valence-corrected chi connectivity index (χ1v) is 7.62. The Morgan fingerprint density at radius 1 is 1.29 bits per heavy atom. The largest absolute Gasteiger partial charge is 0.478 e. The second kappa shape index (κ2) is 6.91. The average molecular weight is 294 g/mol. The number of hydrogen-bond acceptors (Lipinski definition) is 5. The second-order valence-corrected chi connectivity index (χ2v) is 5.36. The lowest BCUT2D eigenvalue weighted by Gasteiger charge is -2.26. The van der Waals surface area contributed by atoms with Crippen molar-refractivity contribution < 1.29 is 14.3 Å². The number of hydrogen-bond donors (Lipinski definition) is 1. The van der Waals surface area contributed by atoms with Crippen molar-refractivity contribution in [3.05, 3.63) is 11.8 Å². The minimum Gasteiger partial charge on any atom is -0.478 e. The molecule has 1 amide bonds. The number of amides is 1. The summed E-state index contributed by atoms with van der Waals surface area (Å²) in [6.07, 6.45) is 1.88. The van der Waals surface area contributed by atoms with Crippen LogP contribution in [-0.2, 0) is 11.3 Å². The third kappa shape index (κ3) is 3.74. The fourth-order valence-electron chi connectivity index (χ4n) is 2.60. The molecule has 7 heteroatoms. The van der Waals surface area contributed by atoms with E-state index in [4.69, 9.17) is 9.47 Å². The van der Waals surface area contributed by atoms with Crippen molar-refractivity contribution in [3.63, 3.8) is 0 Å². The summed E-state index contributed by atoms with van der Waals surface area (Å²) in [5, 5.41) is 7.19. The Morgan fingerprint density at radius 2 is 2.14 bits per heavy atom. The molecule has 2 aliphatic rings. The van der Waals surface area contributed by atoms with Crippen molar-refractivity contribution in [2.45, 2.75) is 19.4 Å². The zero-order chi connectivity index (χ0) is 14.5. The van der Waals surface area contributed by atoms with Crippen molar-refractivity contribution in [1.29, 1.82) is 0 Å². The number of nitrogens with zero attached hydrogens (tertiary/aromatic N) is 3. The molecule has 0 saturated carbocycles. The van der Waals surface area contributed by atoms with E-state index in [1.165, 1.54) is 0 Å². The van der Waals surface area contributed by atoms with Gasteiger partial charge in [0, 0.05) is 38.7 Å². The first-order chi connectivity index (χ1) is 10.3. The number of rotatable bonds is 5. The van der Waals surface area contributed by atoms with Gasteiger partial charge >= 0.3 is 0 Å². The Balaban J connectivity index is 1.40. The van der Waals surface area contributed by atoms with Crippen LogP contribution in [0.4, 0.5) is 0 Å². The summed E-state index contributed by atoms with van der Waals surface area (Å²) in [5.41, 5.74) is 0.443. The Kier molecular flexibility index (Phi) is 4.72. The molecule has 1 N–H and O–H groups in total. The van der Waals surface area contributed by atoms with Gasteiger partial charge in [-0.15, -0.1) is 0 Å². The van der Waals surface area contributed by atoms with Crippen LogP contribution < -0.4 is 10.1 Å². The first-order valence-electron chi connectivity index (χ1n) is 7.62. The first kappa shape index (κ1) is 14.3. The molecule has 116 valence electrons. The molecular weight excluding hydrogens is 272 g/mol. The van der Waals surface area contributed by atoms with E-state index in [1.807, 2.05) is 0 Å². The Morgan fingerprint density at radius 3 is 2.95 bits per heavy atom. The highest BCUT2D eigenvalue weighted by atomic mass is 16.5. The number of aromatic nitrogens is 2. The zero-order valence-corrected chi connectivity index (χ0v) is 12.2. The van der Waals surface area contributed by atoms with Crippen LogP contribution in [0, 0.1) is 0 Å². The molecule has 0 atom stereocenters. The van der Waals surface area contributed by atoms with E-state index < -0.39 is 0 Å². The van der Waals surface area contributed by atoms with Crippen molar-refractivity contribution in [1.82, 2.24) is 20.0 Å². The van der Waals surface area contributed by atoms with Gasteiger partial charge in [0.05, 0.1) is 19.8 Å². The number of carbonyl (C=O) groups excluding carboxylic acids is 1.